The predicted octanol–water partition coefficient (Wildman–Crippen LogP) is 2.90. The molecule has 2 aliphatic rings. The summed E-state index contributed by atoms with van der Waals surface area (Å²) < 4.78 is 6.71. The van der Waals surface area contributed by atoms with Crippen LogP contribution in [0.25, 0.3) is 0 Å². The van der Waals surface area contributed by atoms with Crippen molar-refractivity contribution < 1.29 is 9.53 Å². The van der Waals surface area contributed by atoms with Crippen LogP contribution in [0.2, 0.25) is 0 Å². The second-order valence-electron chi connectivity index (χ2n) is 4.54. The average Bonchev–Trinajstić information content (AvgIpc) is 2.95. The normalized spacial score (nSPS) is 28.2. The molecule has 17 heavy (non-hydrogen) atoms. The summed E-state index contributed by atoms with van der Waals surface area (Å²) in [6, 6.07) is 2.21. The fourth-order valence-electron chi connectivity index (χ4n) is 2.74. The molecule has 0 N–H and O–H groups in total. The summed E-state index contributed by atoms with van der Waals surface area (Å²) in [6.45, 7) is 1.41. The number of halogens is 1. The Morgan fingerprint density at radius 1 is 1.53 bits per heavy atom. The maximum atomic E-state index is 12.4. The van der Waals surface area contributed by atoms with Gasteiger partial charge in [0.25, 0.3) is 5.91 Å². The van der Waals surface area contributed by atoms with Crippen LogP contribution in [0.15, 0.2) is 15.9 Å². The van der Waals surface area contributed by atoms with Crippen LogP contribution >= 0.6 is 27.3 Å². The minimum Gasteiger partial charge on any atom is -0.374 e. The second kappa shape index (κ2) is 4.71. The van der Waals surface area contributed by atoms with Crippen LogP contribution in [-0.4, -0.2) is 36.1 Å². The molecule has 1 saturated carbocycles. The van der Waals surface area contributed by atoms with Crippen LogP contribution < -0.4 is 0 Å². The van der Waals surface area contributed by atoms with Crippen molar-refractivity contribution in [2.24, 2.45) is 0 Å². The number of morpholine rings is 1. The molecule has 3 nitrogen and oxygen atoms in total. The number of carbonyl (C=O) groups excluding carboxylic acids is 1. The van der Waals surface area contributed by atoms with Gasteiger partial charge in [0.15, 0.2) is 0 Å². The zero-order valence-electron chi connectivity index (χ0n) is 9.39. The van der Waals surface area contributed by atoms with Crippen LogP contribution in [0.3, 0.4) is 0 Å². The van der Waals surface area contributed by atoms with Gasteiger partial charge in [-0.1, -0.05) is 0 Å². The van der Waals surface area contributed by atoms with Gasteiger partial charge in [-0.2, -0.15) is 0 Å². The highest BCUT2D eigenvalue weighted by molar-refractivity contribution is 9.10. The van der Waals surface area contributed by atoms with Gasteiger partial charge in [-0.3, -0.25) is 4.79 Å². The second-order valence-corrected chi connectivity index (χ2v) is 6.36. The summed E-state index contributed by atoms with van der Waals surface area (Å²) in [7, 11) is 0. The molecule has 2 heterocycles. The van der Waals surface area contributed by atoms with Crippen LogP contribution in [0.4, 0.5) is 0 Å². The van der Waals surface area contributed by atoms with Crippen molar-refractivity contribution in [1.29, 1.82) is 0 Å². The standard InChI is InChI=1S/C12H14BrNO2S/c13-8-6-11(17-7-8)12(15)14-4-5-16-10-3-1-2-9(10)14/h6-7,9-10H,1-5H2/t9-,10+/m1/s1. The van der Waals surface area contributed by atoms with E-state index in [0.29, 0.717) is 12.6 Å². The highest BCUT2D eigenvalue weighted by Crippen LogP contribution is 2.31. The summed E-state index contributed by atoms with van der Waals surface area (Å²) in [6.07, 6.45) is 3.63. The number of amides is 1. The molecule has 1 aliphatic heterocycles. The van der Waals surface area contributed by atoms with Crippen molar-refractivity contribution in [1.82, 2.24) is 4.90 Å². The molecule has 92 valence electrons. The molecule has 1 aliphatic carbocycles. The molecular weight excluding hydrogens is 302 g/mol. The van der Waals surface area contributed by atoms with Crippen molar-refractivity contribution in [2.75, 3.05) is 13.2 Å². The zero-order valence-corrected chi connectivity index (χ0v) is 11.8. The van der Waals surface area contributed by atoms with E-state index in [2.05, 4.69) is 15.9 Å². The molecule has 2 atom stereocenters. The van der Waals surface area contributed by atoms with E-state index in [1.54, 1.807) is 0 Å². The molecule has 3 rings (SSSR count). The third-order valence-electron chi connectivity index (χ3n) is 3.52. The molecule has 0 bridgehead atoms. The van der Waals surface area contributed by atoms with Gasteiger partial charge in [0.05, 0.1) is 23.6 Å². The summed E-state index contributed by atoms with van der Waals surface area (Å²) in [5, 5.41) is 1.96. The first kappa shape index (κ1) is 11.7. The van der Waals surface area contributed by atoms with E-state index >= 15 is 0 Å². The van der Waals surface area contributed by atoms with Gasteiger partial charge >= 0.3 is 0 Å². The largest absolute Gasteiger partial charge is 0.374 e. The highest BCUT2D eigenvalue weighted by Gasteiger charge is 2.38. The molecule has 1 amide bonds. The molecular formula is C12H14BrNO2S. The van der Waals surface area contributed by atoms with Crippen LogP contribution in [0.1, 0.15) is 28.9 Å². The predicted molar refractivity (Wildman–Crippen MR) is 70.4 cm³/mol. The first-order valence-corrected chi connectivity index (χ1v) is 7.59. The van der Waals surface area contributed by atoms with E-state index in [1.165, 1.54) is 17.8 Å². The Morgan fingerprint density at radius 3 is 3.18 bits per heavy atom. The van der Waals surface area contributed by atoms with Gasteiger partial charge in [-0.15, -0.1) is 11.3 Å². The minimum atomic E-state index is 0.168. The first-order valence-electron chi connectivity index (χ1n) is 5.92. The maximum Gasteiger partial charge on any atom is 0.264 e. The Morgan fingerprint density at radius 2 is 2.41 bits per heavy atom. The van der Waals surface area contributed by atoms with E-state index in [0.717, 1.165) is 28.7 Å². The molecule has 0 radical (unpaired) electrons. The van der Waals surface area contributed by atoms with Crippen LogP contribution in [0, 0.1) is 0 Å². The lowest BCUT2D eigenvalue weighted by molar-refractivity contribution is -0.0443. The van der Waals surface area contributed by atoms with Gasteiger partial charge in [0.2, 0.25) is 0 Å². The number of fused-ring (bicyclic) bond motifs is 1. The Hall–Kier alpha value is -0.390. The number of hydrogen-bond acceptors (Lipinski definition) is 3. The van der Waals surface area contributed by atoms with Crippen molar-refractivity contribution in [2.45, 2.75) is 31.4 Å². The van der Waals surface area contributed by atoms with Gasteiger partial charge in [-0.25, -0.2) is 0 Å². The fraction of sp³-hybridized carbons (Fsp3) is 0.583. The SMILES string of the molecule is O=C(c1cc(Br)cs1)N1CCO[C@H]2CCC[C@H]21. The van der Waals surface area contributed by atoms with Gasteiger partial charge in [0, 0.05) is 16.4 Å². The number of carbonyl (C=O) groups is 1. The topological polar surface area (TPSA) is 29.5 Å². The minimum absolute atomic E-state index is 0.168. The van der Waals surface area contributed by atoms with Gasteiger partial charge in [0.1, 0.15) is 0 Å². The zero-order chi connectivity index (χ0) is 11.8. The summed E-state index contributed by atoms with van der Waals surface area (Å²) in [5.41, 5.74) is 0. The molecule has 0 aromatic carbocycles. The number of nitrogens with zero attached hydrogens (tertiary/aromatic N) is 1. The molecule has 0 spiro atoms. The van der Waals surface area contributed by atoms with Gasteiger partial charge in [-0.05, 0) is 41.3 Å². The van der Waals surface area contributed by atoms with Gasteiger partial charge < -0.3 is 9.64 Å². The number of rotatable bonds is 1. The molecule has 1 aromatic heterocycles. The van der Waals surface area contributed by atoms with E-state index < -0.39 is 0 Å². The average molecular weight is 316 g/mol. The van der Waals surface area contributed by atoms with Crippen molar-refractivity contribution >= 4 is 33.2 Å². The van der Waals surface area contributed by atoms with Crippen molar-refractivity contribution in [3.05, 3.63) is 20.8 Å². The molecule has 1 aromatic rings. The monoisotopic (exact) mass is 315 g/mol. The summed E-state index contributed by atoms with van der Waals surface area (Å²) in [4.78, 5) is 15.3. The van der Waals surface area contributed by atoms with Crippen LogP contribution in [-0.2, 0) is 4.74 Å². The lowest BCUT2D eigenvalue weighted by Crippen LogP contribution is -2.51. The quantitative estimate of drug-likeness (QED) is 0.797. The third kappa shape index (κ3) is 2.16. The highest BCUT2D eigenvalue weighted by atomic mass is 79.9. The van der Waals surface area contributed by atoms with Crippen molar-refractivity contribution in [3.63, 3.8) is 0 Å². The lowest BCUT2D eigenvalue weighted by Gasteiger charge is -2.37. The maximum absolute atomic E-state index is 12.4. The Bertz CT molecular complexity index is 434. The van der Waals surface area contributed by atoms with E-state index in [1.807, 2.05) is 16.3 Å². The first-order chi connectivity index (χ1) is 8.25. The lowest BCUT2D eigenvalue weighted by atomic mass is 10.1. The van der Waals surface area contributed by atoms with E-state index in [-0.39, 0.29) is 12.0 Å². The third-order valence-corrected chi connectivity index (χ3v) is 5.20. The number of ether oxygens (including phenoxy) is 1. The molecule has 1 saturated heterocycles. The Kier molecular flexibility index (Phi) is 3.23. The van der Waals surface area contributed by atoms with Crippen LogP contribution in [0.5, 0.6) is 0 Å². The summed E-state index contributed by atoms with van der Waals surface area (Å²) >= 11 is 4.90. The van der Waals surface area contributed by atoms with E-state index in [4.69, 9.17) is 4.74 Å². The number of hydrogen-bond donors (Lipinski definition) is 0. The molecule has 5 heteroatoms. The smallest absolute Gasteiger partial charge is 0.264 e. The number of thiophene rings is 1. The van der Waals surface area contributed by atoms with E-state index in [9.17, 15) is 4.79 Å². The Balaban J connectivity index is 1.81. The van der Waals surface area contributed by atoms with Crippen molar-refractivity contribution in [3.8, 4) is 0 Å². The summed E-state index contributed by atoms with van der Waals surface area (Å²) in [5.74, 6) is 0.168. The fourth-order valence-corrected chi connectivity index (χ4v) is 4.13. The Labute approximate surface area is 113 Å². The molecule has 2 fully saturated rings. The molecule has 0 unspecified atom stereocenters.